The van der Waals surface area contributed by atoms with Crippen LogP contribution in [0.2, 0.25) is 0 Å². The average molecular weight is 318 g/mol. The molecule has 0 atom stereocenters. The van der Waals surface area contributed by atoms with Crippen molar-refractivity contribution in [1.29, 1.82) is 0 Å². The summed E-state index contributed by atoms with van der Waals surface area (Å²) in [6.45, 7) is 0. The topological polar surface area (TPSA) is 17.1 Å². The zero-order chi connectivity index (χ0) is 16.7. The monoisotopic (exact) mass is 318 g/mol. The van der Waals surface area contributed by atoms with Crippen LogP contribution in [0.5, 0.6) is 0 Å². The lowest BCUT2D eigenvalue weighted by Gasteiger charge is -2.09. The van der Waals surface area contributed by atoms with Gasteiger partial charge >= 0.3 is 0 Å². The highest BCUT2D eigenvalue weighted by molar-refractivity contribution is 6.41. The summed E-state index contributed by atoms with van der Waals surface area (Å²) < 4.78 is 28.2. The number of hydrogen-bond acceptors (Lipinski definition) is 1. The van der Waals surface area contributed by atoms with E-state index in [4.69, 9.17) is 0 Å². The quantitative estimate of drug-likeness (QED) is 0.641. The van der Waals surface area contributed by atoms with Crippen LogP contribution in [0.3, 0.4) is 0 Å². The molecule has 3 heteroatoms. The zero-order valence-corrected chi connectivity index (χ0v) is 12.6. The first-order valence-corrected chi connectivity index (χ1v) is 7.56. The Kier molecular flexibility index (Phi) is 3.35. The van der Waals surface area contributed by atoms with E-state index in [2.05, 4.69) is 0 Å². The molecule has 0 radical (unpaired) electrons. The number of carbonyl (C=O) groups is 1. The number of benzene rings is 3. The number of halogens is 2. The molecule has 0 unspecified atom stereocenters. The maximum atomic E-state index is 14.5. The summed E-state index contributed by atoms with van der Waals surface area (Å²) in [4.78, 5) is 12.9. The van der Waals surface area contributed by atoms with Crippen molar-refractivity contribution in [3.05, 3.63) is 107 Å². The third kappa shape index (κ3) is 2.17. The van der Waals surface area contributed by atoms with Crippen molar-refractivity contribution in [3.63, 3.8) is 0 Å². The van der Waals surface area contributed by atoms with Crippen molar-refractivity contribution in [2.24, 2.45) is 0 Å². The van der Waals surface area contributed by atoms with Gasteiger partial charge in [0.05, 0.1) is 0 Å². The zero-order valence-electron chi connectivity index (χ0n) is 12.6. The Labute approximate surface area is 137 Å². The third-order valence-electron chi connectivity index (χ3n) is 4.15. The SMILES string of the molecule is O=C1C(c2ccccc2)=C(c2ccccc2)c2c(F)cc(F)cc21. The van der Waals surface area contributed by atoms with Gasteiger partial charge in [0.1, 0.15) is 11.6 Å². The van der Waals surface area contributed by atoms with Crippen molar-refractivity contribution in [1.82, 2.24) is 0 Å². The number of ketones is 1. The largest absolute Gasteiger partial charge is 0.289 e. The number of carbonyl (C=O) groups excluding carboxylic acids is 1. The molecule has 0 saturated carbocycles. The lowest BCUT2D eigenvalue weighted by Crippen LogP contribution is -1.99. The van der Waals surface area contributed by atoms with E-state index in [1.54, 1.807) is 12.1 Å². The first kappa shape index (κ1) is 14.5. The smallest absolute Gasteiger partial charge is 0.195 e. The van der Waals surface area contributed by atoms with Crippen LogP contribution in [0.15, 0.2) is 72.8 Å². The van der Waals surface area contributed by atoms with Gasteiger partial charge in [-0.3, -0.25) is 4.79 Å². The Hall–Kier alpha value is -3.07. The molecule has 24 heavy (non-hydrogen) atoms. The fraction of sp³-hybridized carbons (Fsp3) is 0. The molecule has 0 spiro atoms. The molecule has 0 saturated heterocycles. The summed E-state index contributed by atoms with van der Waals surface area (Å²) in [5.41, 5.74) is 2.59. The van der Waals surface area contributed by atoms with Crippen molar-refractivity contribution in [2.75, 3.05) is 0 Å². The van der Waals surface area contributed by atoms with E-state index in [1.165, 1.54) is 0 Å². The Morgan fingerprint density at radius 3 is 1.79 bits per heavy atom. The highest BCUT2D eigenvalue weighted by atomic mass is 19.1. The van der Waals surface area contributed by atoms with Gasteiger partial charge in [-0.1, -0.05) is 60.7 Å². The Morgan fingerprint density at radius 1 is 0.667 bits per heavy atom. The van der Waals surface area contributed by atoms with E-state index in [0.29, 0.717) is 16.7 Å². The second-order valence-electron chi connectivity index (χ2n) is 5.62. The third-order valence-corrected chi connectivity index (χ3v) is 4.15. The lowest BCUT2D eigenvalue weighted by molar-refractivity contribution is 0.105. The standard InChI is InChI=1S/C21H12F2O/c22-15-11-16-20(17(23)12-15)18(13-7-3-1-4-8-13)19(21(16)24)14-9-5-2-6-10-14/h1-12H. The molecular formula is C21H12F2O. The highest BCUT2D eigenvalue weighted by Gasteiger charge is 2.34. The molecule has 1 aliphatic carbocycles. The molecule has 0 aromatic heterocycles. The number of fused-ring (bicyclic) bond motifs is 1. The van der Waals surface area contributed by atoms with Crippen LogP contribution in [-0.4, -0.2) is 5.78 Å². The van der Waals surface area contributed by atoms with Crippen LogP contribution >= 0.6 is 0 Å². The molecule has 3 aromatic rings. The van der Waals surface area contributed by atoms with E-state index in [9.17, 15) is 13.6 Å². The Morgan fingerprint density at radius 2 is 1.21 bits per heavy atom. The van der Waals surface area contributed by atoms with Gasteiger partial charge in [0.2, 0.25) is 0 Å². The maximum absolute atomic E-state index is 14.5. The van der Waals surface area contributed by atoms with Gasteiger partial charge in [-0.2, -0.15) is 0 Å². The van der Waals surface area contributed by atoms with Crippen molar-refractivity contribution >= 4 is 16.9 Å². The minimum Gasteiger partial charge on any atom is -0.289 e. The van der Waals surface area contributed by atoms with Gasteiger partial charge in [0.15, 0.2) is 5.78 Å². The second kappa shape index (κ2) is 5.53. The summed E-state index contributed by atoms with van der Waals surface area (Å²) in [5.74, 6) is -1.82. The van der Waals surface area contributed by atoms with Crippen LogP contribution in [0, 0.1) is 11.6 Å². The van der Waals surface area contributed by atoms with Crippen LogP contribution in [-0.2, 0) is 0 Å². The number of rotatable bonds is 2. The predicted octanol–water partition coefficient (Wildman–Crippen LogP) is 5.12. The highest BCUT2D eigenvalue weighted by Crippen LogP contribution is 2.43. The first-order valence-electron chi connectivity index (χ1n) is 7.56. The molecule has 1 aliphatic rings. The molecule has 0 bridgehead atoms. The van der Waals surface area contributed by atoms with Crippen LogP contribution in [0.25, 0.3) is 11.1 Å². The van der Waals surface area contributed by atoms with E-state index in [-0.39, 0.29) is 16.9 Å². The van der Waals surface area contributed by atoms with Crippen LogP contribution < -0.4 is 0 Å². The van der Waals surface area contributed by atoms with Gasteiger partial charge in [0, 0.05) is 28.3 Å². The molecule has 0 fully saturated rings. The molecule has 0 heterocycles. The second-order valence-corrected chi connectivity index (χ2v) is 5.62. The molecule has 4 rings (SSSR count). The molecule has 3 aromatic carbocycles. The van der Waals surface area contributed by atoms with Crippen LogP contribution in [0.4, 0.5) is 8.78 Å². The summed E-state index contributed by atoms with van der Waals surface area (Å²) >= 11 is 0. The van der Waals surface area contributed by atoms with Crippen molar-refractivity contribution in [2.45, 2.75) is 0 Å². The van der Waals surface area contributed by atoms with Gasteiger partial charge in [-0.15, -0.1) is 0 Å². The van der Waals surface area contributed by atoms with Gasteiger partial charge in [-0.05, 0) is 17.2 Å². The minimum absolute atomic E-state index is 0.0743. The number of Topliss-reactive ketones (excluding diaryl/α,β-unsaturated/α-hetero) is 1. The van der Waals surface area contributed by atoms with E-state index in [1.807, 2.05) is 48.5 Å². The van der Waals surface area contributed by atoms with Crippen molar-refractivity contribution < 1.29 is 13.6 Å². The predicted molar refractivity (Wildman–Crippen MR) is 89.5 cm³/mol. The number of allylic oxidation sites excluding steroid dienone is 1. The molecular weight excluding hydrogens is 306 g/mol. The van der Waals surface area contributed by atoms with E-state index < -0.39 is 11.6 Å². The minimum atomic E-state index is -0.749. The molecule has 0 N–H and O–H groups in total. The van der Waals surface area contributed by atoms with Gasteiger partial charge in [-0.25, -0.2) is 8.78 Å². The van der Waals surface area contributed by atoms with Crippen LogP contribution in [0.1, 0.15) is 27.0 Å². The first-order chi connectivity index (χ1) is 11.7. The van der Waals surface area contributed by atoms with E-state index in [0.717, 1.165) is 17.7 Å². The molecule has 0 aliphatic heterocycles. The molecule has 116 valence electrons. The van der Waals surface area contributed by atoms with Gasteiger partial charge < -0.3 is 0 Å². The number of hydrogen-bond donors (Lipinski definition) is 0. The molecule has 0 amide bonds. The van der Waals surface area contributed by atoms with Gasteiger partial charge in [0.25, 0.3) is 0 Å². The summed E-state index contributed by atoms with van der Waals surface area (Å²) in [6, 6.07) is 20.2. The summed E-state index contributed by atoms with van der Waals surface area (Å²) in [5, 5.41) is 0. The fourth-order valence-corrected chi connectivity index (χ4v) is 3.15. The fourth-order valence-electron chi connectivity index (χ4n) is 3.15. The normalized spacial score (nSPS) is 13.3. The van der Waals surface area contributed by atoms with E-state index >= 15 is 0 Å². The maximum Gasteiger partial charge on any atom is 0.195 e. The average Bonchev–Trinajstić information content (AvgIpc) is 2.90. The van der Waals surface area contributed by atoms with Crippen molar-refractivity contribution in [3.8, 4) is 0 Å². The Balaban J connectivity index is 2.08. The summed E-state index contributed by atoms with van der Waals surface area (Å²) in [6.07, 6.45) is 0. The lowest BCUT2D eigenvalue weighted by atomic mass is 9.94. The summed E-state index contributed by atoms with van der Waals surface area (Å²) in [7, 11) is 0. The Bertz CT molecular complexity index is 973. The molecule has 1 nitrogen and oxygen atoms in total.